The van der Waals surface area contributed by atoms with E-state index in [2.05, 4.69) is 28.5 Å². The van der Waals surface area contributed by atoms with Crippen molar-refractivity contribution in [3.63, 3.8) is 0 Å². The number of para-hydroxylation sites is 1. The summed E-state index contributed by atoms with van der Waals surface area (Å²) < 4.78 is 5.18. The van der Waals surface area contributed by atoms with E-state index in [1.165, 1.54) is 11.1 Å². The number of hydrogen-bond donors (Lipinski definition) is 1. The largest absolute Gasteiger partial charge is 0.497 e. The van der Waals surface area contributed by atoms with Crippen LogP contribution in [0.4, 0.5) is 11.5 Å². The fraction of sp³-hybridized carbons (Fsp3) is 0.250. The van der Waals surface area contributed by atoms with Gasteiger partial charge in [0, 0.05) is 25.0 Å². The van der Waals surface area contributed by atoms with Crippen LogP contribution in [0.3, 0.4) is 0 Å². The van der Waals surface area contributed by atoms with Gasteiger partial charge in [-0.15, -0.1) is 0 Å². The lowest BCUT2D eigenvalue weighted by atomic mass is 10.0. The van der Waals surface area contributed by atoms with Crippen LogP contribution in [0.1, 0.15) is 27.9 Å². The minimum Gasteiger partial charge on any atom is -0.497 e. The molecule has 5 nitrogen and oxygen atoms in total. The molecule has 0 bridgehead atoms. The van der Waals surface area contributed by atoms with E-state index in [9.17, 15) is 4.79 Å². The van der Waals surface area contributed by atoms with Crippen molar-refractivity contribution < 1.29 is 9.53 Å². The Morgan fingerprint density at radius 2 is 1.93 bits per heavy atom. The summed E-state index contributed by atoms with van der Waals surface area (Å²) in [5, 5.41) is 3.32. The molecule has 1 aliphatic heterocycles. The van der Waals surface area contributed by atoms with Crippen molar-refractivity contribution in [2.75, 3.05) is 30.4 Å². The third kappa shape index (κ3) is 4.40. The molecule has 1 N–H and O–H groups in total. The third-order valence-corrected chi connectivity index (χ3v) is 5.24. The van der Waals surface area contributed by atoms with E-state index >= 15 is 0 Å². The first kappa shape index (κ1) is 19.0. The highest BCUT2D eigenvalue weighted by Gasteiger charge is 2.23. The van der Waals surface area contributed by atoms with Gasteiger partial charge in [-0.2, -0.15) is 0 Å². The molecule has 2 aromatic carbocycles. The van der Waals surface area contributed by atoms with Crippen LogP contribution in [-0.2, 0) is 12.8 Å². The topological polar surface area (TPSA) is 54.5 Å². The Balaban J connectivity index is 1.36. The molecule has 4 rings (SSSR count). The number of fused-ring (bicyclic) bond motifs is 1. The molecule has 0 fully saturated rings. The highest BCUT2D eigenvalue weighted by Crippen LogP contribution is 2.28. The standard InChI is InChI=1S/C24H25N3O2/c1-29-21-11-8-18(9-12-21)14-15-25-23-13-10-20(17-26-23)24(28)27-16-4-6-19-5-2-3-7-22(19)27/h2-3,5,7-13,17H,4,6,14-16H2,1H3,(H,25,26). The van der Waals surface area contributed by atoms with E-state index in [1.807, 2.05) is 47.4 Å². The summed E-state index contributed by atoms with van der Waals surface area (Å²) in [5.74, 6) is 1.64. The summed E-state index contributed by atoms with van der Waals surface area (Å²) >= 11 is 0. The number of ether oxygens (including phenoxy) is 1. The first-order valence-corrected chi connectivity index (χ1v) is 9.97. The average molecular weight is 387 g/mol. The number of anilines is 2. The SMILES string of the molecule is COc1ccc(CCNc2ccc(C(=O)N3CCCc4ccccc43)cn2)cc1. The van der Waals surface area contributed by atoms with Crippen LogP contribution in [0.15, 0.2) is 66.9 Å². The number of nitrogens with zero attached hydrogens (tertiary/aromatic N) is 2. The maximum atomic E-state index is 13.0. The number of carbonyl (C=O) groups is 1. The van der Waals surface area contributed by atoms with Gasteiger partial charge in [-0.05, 0) is 60.7 Å². The molecular weight excluding hydrogens is 362 g/mol. The predicted molar refractivity (Wildman–Crippen MR) is 116 cm³/mol. The lowest BCUT2D eigenvalue weighted by molar-refractivity contribution is 0.0985. The molecule has 29 heavy (non-hydrogen) atoms. The second kappa shape index (κ2) is 8.78. The number of amides is 1. The predicted octanol–water partition coefficient (Wildman–Crippen LogP) is 4.34. The molecule has 0 radical (unpaired) electrons. The van der Waals surface area contributed by atoms with E-state index in [-0.39, 0.29) is 5.91 Å². The molecule has 0 aliphatic carbocycles. The van der Waals surface area contributed by atoms with Crippen LogP contribution in [0.2, 0.25) is 0 Å². The Labute approximate surface area is 171 Å². The molecule has 1 amide bonds. The molecule has 1 aliphatic rings. The Morgan fingerprint density at radius 1 is 1.10 bits per heavy atom. The van der Waals surface area contributed by atoms with Gasteiger partial charge in [-0.3, -0.25) is 4.79 Å². The van der Waals surface area contributed by atoms with Crippen molar-refractivity contribution in [3.8, 4) is 5.75 Å². The second-order valence-electron chi connectivity index (χ2n) is 7.15. The molecule has 1 aromatic heterocycles. The number of hydrogen-bond acceptors (Lipinski definition) is 4. The number of benzene rings is 2. The van der Waals surface area contributed by atoms with Crippen LogP contribution in [0.25, 0.3) is 0 Å². The van der Waals surface area contributed by atoms with Crippen LogP contribution in [-0.4, -0.2) is 31.1 Å². The van der Waals surface area contributed by atoms with Crippen molar-refractivity contribution in [1.82, 2.24) is 4.98 Å². The van der Waals surface area contributed by atoms with Crippen LogP contribution in [0, 0.1) is 0 Å². The summed E-state index contributed by atoms with van der Waals surface area (Å²) in [6, 6.07) is 19.9. The van der Waals surface area contributed by atoms with Gasteiger partial charge in [0.25, 0.3) is 5.91 Å². The highest BCUT2D eigenvalue weighted by molar-refractivity contribution is 6.06. The van der Waals surface area contributed by atoms with E-state index in [0.29, 0.717) is 5.56 Å². The Bertz CT molecular complexity index is 968. The zero-order chi connectivity index (χ0) is 20.1. The summed E-state index contributed by atoms with van der Waals surface area (Å²) in [4.78, 5) is 19.3. The van der Waals surface area contributed by atoms with Gasteiger partial charge in [-0.25, -0.2) is 4.98 Å². The van der Waals surface area contributed by atoms with E-state index < -0.39 is 0 Å². The first-order valence-electron chi connectivity index (χ1n) is 9.97. The fourth-order valence-corrected chi connectivity index (χ4v) is 3.65. The molecule has 0 unspecified atom stereocenters. The molecular formula is C24H25N3O2. The van der Waals surface area contributed by atoms with Crippen molar-refractivity contribution in [1.29, 1.82) is 0 Å². The van der Waals surface area contributed by atoms with Crippen molar-refractivity contribution in [3.05, 3.63) is 83.6 Å². The number of aromatic nitrogens is 1. The van der Waals surface area contributed by atoms with E-state index in [4.69, 9.17) is 4.74 Å². The molecule has 148 valence electrons. The molecule has 5 heteroatoms. The van der Waals surface area contributed by atoms with Gasteiger partial charge >= 0.3 is 0 Å². The van der Waals surface area contributed by atoms with Gasteiger partial charge in [0.1, 0.15) is 11.6 Å². The number of carbonyl (C=O) groups excluding carboxylic acids is 1. The smallest absolute Gasteiger partial charge is 0.259 e. The van der Waals surface area contributed by atoms with Crippen molar-refractivity contribution >= 4 is 17.4 Å². The van der Waals surface area contributed by atoms with Crippen LogP contribution >= 0.6 is 0 Å². The second-order valence-corrected chi connectivity index (χ2v) is 7.15. The molecule has 0 spiro atoms. The molecule has 0 atom stereocenters. The Kier molecular flexibility index (Phi) is 5.75. The number of methoxy groups -OCH3 is 1. The number of pyridine rings is 1. The van der Waals surface area contributed by atoms with E-state index in [1.54, 1.807) is 13.3 Å². The lowest BCUT2D eigenvalue weighted by Gasteiger charge is -2.29. The first-order chi connectivity index (χ1) is 14.2. The number of nitrogens with one attached hydrogen (secondary N) is 1. The zero-order valence-corrected chi connectivity index (χ0v) is 16.6. The summed E-state index contributed by atoms with van der Waals surface area (Å²) in [6.45, 7) is 1.52. The maximum Gasteiger partial charge on any atom is 0.259 e. The highest BCUT2D eigenvalue weighted by atomic mass is 16.5. The molecule has 0 saturated heterocycles. The molecule has 2 heterocycles. The normalized spacial score (nSPS) is 12.9. The van der Waals surface area contributed by atoms with Gasteiger partial charge < -0.3 is 15.0 Å². The van der Waals surface area contributed by atoms with Crippen LogP contribution < -0.4 is 15.0 Å². The minimum atomic E-state index is 0.00873. The summed E-state index contributed by atoms with van der Waals surface area (Å²) in [6.07, 6.45) is 4.56. The van der Waals surface area contributed by atoms with Gasteiger partial charge in [0.15, 0.2) is 0 Å². The minimum absolute atomic E-state index is 0.00873. The molecule has 3 aromatic rings. The quantitative estimate of drug-likeness (QED) is 0.684. The van der Waals surface area contributed by atoms with Crippen LogP contribution in [0.5, 0.6) is 5.75 Å². The van der Waals surface area contributed by atoms with Gasteiger partial charge in [0.2, 0.25) is 0 Å². The van der Waals surface area contributed by atoms with E-state index in [0.717, 1.165) is 49.6 Å². The fourth-order valence-electron chi connectivity index (χ4n) is 3.65. The molecule has 0 saturated carbocycles. The average Bonchev–Trinajstić information content (AvgIpc) is 2.79. The lowest BCUT2D eigenvalue weighted by Crippen LogP contribution is -2.35. The third-order valence-electron chi connectivity index (χ3n) is 5.24. The number of aryl methyl sites for hydroxylation is 1. The van der Waals surface area contributed by atoms with Crippen molar-refractivity contribution in [2.24, 2.45) is 0 Å². The number of rotatable bonds is 6. The van der Waals surface area contributed by atoms with Gasteiger partial charge in [0.05, 0.1) is 12.7 Å². The zero-order valence-electron chi connectivity index (χ0n) is 16.6. The summed E-state index contributed by atoms with van der Waals surface area (Å²) in [5.41, 5.74) is 4.10. The Morgan fingerprint density at radius 3 is 2.69 bits per heavy atom. The monoisotopic (exact) mass is 387 g/mol. The van der Waals surface area contributed by atoms with Crippen molar-refractivity contribution in [2.45, 2.75) is 19.3 Å². The Hall–Kier alpha value is -3.34. The summed E-state index contributed by atoms with van der Waals surface area (Å²) in [7, 11) is 1.67. The van der Waals surface area contributed by atoms with Gasteiger partial charge in [-0.1, -0.05) is 30.3 Å². The maximum absolute atomic E-state index is 13.0.